The van der Waals surface area contributed by atoms with Crippen molar-refractivity contribution in [3.63, 3.8) is 0 Å². The lowest BCUT2D eigenvalue weighted by Crippen LogP contribution is -2.35. The maximum absolute atomic E-state index is 13.0. The van der Waals surface area contributed by atoms with E-state index in [2.05, 4.69) is 26.7 Å². The van der Waals surface area contributed by atoms with Crippen LogP contribution in [0.5, 0.6) is 11.5 Å². The molecule has 0 aliphatic carbocycles. The molecule has 172 valence electrons. The second kappa shape index (κ2) is 10.2. The Balaban J connectivity index is 1.61. The number of amides is 3. The predicted molar refractivity (Wildman–Crippen MR) is 131 cm³/mol. The first-order chi connectivity index (χ1) is 16.5. The van der Waals surface area contributed by atoms with Crippen molar-refractivity contribution in [2.75, 3.05) is 24.0 Å². The Kier molecular flexibility index (Phi) is 6.93. The number of nitrogens with zero attached hydrogens (tertiary/aromatic N) is 1. The molecule has 9 heteroatoms. The summed E-state index contributed by atoms with van der Waals surface area (Å²) in [7, 11) is 1.46. The van der Waals surface area contributed by atoms with E-state index in [1.807, 2.05) is 12.1 Å². The van der Waals surface area contributed by atoms with Crippen LogP contribution in [0.4, 0.5) is 11.4 Å². The van der Waals surface area contributed by atoms with E-state index in [1.54, 1.807) is 60.7 Å². The molecule has 0 atom stereocenters. The molecule has 0 unspecified atom stereocenters. The summed E-state index contributed by atoms with van der Waals surface area (Å²) in [6, 6.07) is 21.1. The molecular formula is C25H20BrN3O5. The summed E-state index contributed by atoms with van der Waals surface area (Å²) < 4.78 is 11.8. The minimum absolute atomic E-state index is 0.0809. The number of anilines is 2. The third-order valence-electron chi connectivity index (χ3n) is 4.88. The topological polar surface area (TPSA) is 97.0 Å². The summed E-state index contributed by atoms with van der Waals surface area (Å²) in [5.74, 6) is -0.886. The van der Waals surface area contributed by atoms with Gasteiger partial charge in [0.2, 0.25) is 0 Å². The molecule has 3 aromatic rings. The first kappa shape index (κ1) is 23.1. The second-order valence-electron chi connectivity index (χ2n) is 7.20. The van der Waals surface area contributed by atoms with Crippen molar-refractivity contribution in [1.29, 1.82) is 0 Å². The molecule has 4 rings (SSSR count). The number of methoxy groups -OCH3 is 1. The Morgan fingerprint density at radius 2 is 1.74 bits per heavy atom. The summed E-state index contributed by atoms with van der Waals surface area (Å²) in [6.45, 7) is -0.306. The van der Waals surface area contributed by atoms with Crippen molar-refractivity contribution < 1.29 is 23.9 Å². The fourth-order valence-electron chi connectivity index (χ4n) is 3.33. The largest absolute Gasteiger partial charge is 0.493 e. The Labute approximate surface area is 204 Å². The highest BCUT2D eigenvalue weighted by Gasteiger charge is 2.34. The standard InChI is InChI=1S/C25H20BrN3O5/c1-33-21-14-17(26)12-16(23(21)34-15-22(30)27-18-8-4-2-5-9-18)13-20-24(31)28-29(25(20)32)19-10-6-3-7-11-19/h2-14H,15H2,1H3,(H,27,30)(H,28,31)/b20-13+. The van der Waals surface area contributed by atoms with Crippen LogP contribution in [0.1, 0.15) is 5.56 Å². The van der Waals surface area contributed by atoms with E-state index in [-0.39, 0.29) is 23.8 Å². The number of carbonyl (C=O) groups excluding carboxylic acids is 3. The van der Waals surface area contributed by atoms with E-state index in [9.17, 15) is 14.4 Å². The number of hydrogen-bond donors (Lipinski definition) is 2. The SMILES string of the molecule is COc1cc(Br)cc(/C=C2\C(=O)NN(c3ccccc3)C2=O)c1OCC(=O)Nc1ccccc1. The molecule has 1 fully saturated rings. The molecule has 1 aliphatic rings. The molecule has 0 spiro atoms. The molecule has 0 radical (unpaired) electrons. The number of nitrogens with one attached hydrogen (secondary N) is 2. The third kappa shape index (κ3) is 5.10. The first-order valence-corrected chi connectivity index (χ1v) is 11.0. The van der Waals surface area contributed by atoms with Crippen molar-refractivity contribution in [3.05, 3.63) is 88.4 Å². The van der Waals surface area contributed by atoms with Crippen molar-refractivity contribution in [1.82, 2.24) is 5.43 Å². The number of halogens is 1. The van der Waals surface area contributed by atoms with Crippen LogP contribution in [0.25, 0.3) is 6.08 Å². The summed E-state index contributed by atoms with van der Waals surface area (Å²) in [6.07, 6.45) is 1.42. The summed E-state index contributed by atoms with van der Waals surface area (Å²) in [5.41, 5.74) is 4.04. The van der Waals surface area contributed by atoms with Gasteiger partial charge in [0.25, 0.3) is 17.7 Å². The van der Waals surface area contributed by atoms with E-state index < -0.39 is 11.8 Å². The Bertz CT molecular complexity index is 1260. The summed E-state index contributed by atoms with van der Waals surface area (Å²) >= 11 is 3.40. The van der Waals surface area contributed by atoms with Gasteiger partial charge in [-0.3, -0.25) is 19.8 Å². The maximum atomic E-state index is 13.0. The van der Waals surface area contributed by atoms with Crippen LogP contribution in [-0.4, -0.2) is 31.4 Å². The lowest BCUT2D eigenvalue weighted by molar-refractivity contribution is -0.118. The molecule has 2 N–H and O–H groups in total. The summed E-state index contributed by atoms with van der Waals surface area (Å²) in [4.78, 5) is 38.0. The van der Waals surface area contributed by atoms with Gasteiger partial charge in [0.1, 0.15) is 5.57 Å². The number of para-hydroxylation sites is 2. The van der Waals surface area contributed by atoms with Crippen LogP contribution in [-0.2, 0) is 14.4 Å². The van der Waals surface area contributed by atoms with Crippen LogP contribution in [0.15, 0.2) is 82.8 Å². The molecule has 0 bridgehead atoms. The van der Waals surface area contributed by atoms with Gasteiger partial charge in [-0.1, -0.05) is 52.3 Å². The van der Waals surface area contributed by atoms with Gasteiger partial charge in [-0.05, 0) is 42.5 Å². The van der Waals surface area contributed by atoms with Crippen LogP contribution in [0, 0.1) is 0 Å². The molecule has 0 saturated carbocycles. The fraction of sp³-hybridized carbons (Fsp3) is 0.0800. The highest BCUT2D eigenvalue weighted by molar-refractivity contribution is 9.10. The number of hydrogen-bond acceptors (Lipinski definition) is 5. The molecule has 1 saturated heterocycles. The van der Waals surface area contributed by atoms with Crippen molar-refractivity contribution >= 4 is 51.1 Å². The van der Waals surface area contributed by atoms with Gasteiger partial charge in [-0.25, -0.2) is 5.01 Å². The number of hydrazine groups is 1. The molecule has 0 aromatic heterocycles. The van der Waals surface area contributed by atoms with Crippen LogP contribution < -0.4 is 25.2 Å². The smallest absolute Gasteiger partial charge is 0.282 e. The minimum Gasteiger partial charge on any atom is -0.493 e. The first-order valence-electron chi connectivity index (χ1n) is 10.2. The van der Waals surface area contributed by atoms with Crippen LogP contribution in [0.2, 0.25) is 0 Å². The monoisotopic (exact) mass is 521 g/mol. The van der Waals surface area contributed by atoms with E-state index in [0.29, 0.717) is 27.2 Å². The van der Waals surface area contributed by atoms with E-state index in [0.717, 1.165) is 0 Å². The fourth-order valence-corrected chi connectivity index (χ4v) is 3.78. The zero-order valence-electron chi connectivity index (χ0n) is 18.1. The molecule has 3 amide bonds. The number of ether oxygens (including phenoxy) is 2. The molecule has 3 aromatic carbocycles. The van der Waals surface area contributed by atoms with Crippen LogP contribution in [0.3, 0.4) is 0 Å². The highest BCUT2D eigenvalue weighted by Crippen LogP contribution is 2.37. The normalized spacial score (nSPS) is 14.2. The average Bonchev–Trinajstić information content (AvgIpc) is 3.12. The van der Waals surface area contributed by atoms with E-state index in [4.69, 9.17) is 9.47 Å². The van der Waals surface area contributed by atoms with Gasteiger partial charge in [-0.15, -0.1) is 0 Å². The second-order valence-corrected chi connectivity index (χ2v) is 8.12. The van der Waals surface area contributed by atoms with Crippen molar-refractivity contribution in [3.8, 4) is 11.5 Å². The maximum Gasteiger partial charge on any atom is 0.282 e. The lowest BCUT2D eigenvalue weighted by atomic mass is 10.1. The molecule has 8 nitrogen and oxygen atoms in total. The van der Waals surface area contributed by atoms with Gasteiger partial charge in [0.15, 0.2) is 18.1 Å². The van der Waals surface area contributed by atoms with Gasteiger partial charge in [0.05, 0.1) is 12.8 Å². The van der Waals surface area contributed by atoms with Crippen LogP contribution >= 0.6 is 15.9 Å². The van der Waals surface area contributed by atoms with Gasteiger partial charge in [-0.2, -0.15) is 0 Å². The third-order valence-corrected chi connectivity index (χ3v) is 5.34. The number of benzene rings is 3. The van der Waals surface area contributed by atoms with Gasteiger partial charge in [0, 0.05) is 15.7 Å². The average molecular weight is 522 g/mol. The minimum atomic E-state index is -0.555. The van der Waals surface area contributed by atoms with Crippen molar-refractivity contribution in [2.24, 2.45) is 0 Å². The number of carbonyl (C=O) groups is 3. The molecule has 34 heavy (non-hydrogen) atoms. The molecular weight excluding hydrogens is 502 g/mol. The summed E-state index contributed by atoms with van der Waals surface area (Å²) in [5, 5.41) is 3.92. The quantitative estimate of drug-likeness (QED) is 0.362. The zero-order chi connectivity index (χ0) is 24.1. The predicted octanol–water partition coefficient (Wildman–Crippen LogP) is 3.94. The van der Waals surface area contributed by atoms with Gasteiger partial charge < -0.3 is 14.8 Å². The molecule has 1 heterocycles. The van der Waals surface area contributed by atoms with E-state index >= 15 is 0 Å². The Morgan fingerprint density at radius 1 is 1.06 bits per heavy atom. The molecule has 1 aliphatic heterocycles. The lowest BCUT2D eigenvalue weighted by Gasteiger charge is -2.15. The Hall–Kier alpha value is -4.11. The van der Waals surface area contributed by atoms with Crippen molar-refractivity contribution in [2.45, 2.75) is 0 Å². The zero-order valence-corrected chi connectivity index (χ0v) is 19.7. The number of rotatable bonds is 7. The van der Waals surface area contributed by atoms with Gasteiger partial charge >= 0.3 is 0 Å². The Morgan fingerprint density at radius 3 is 2.41 bits per heavy atom. The van der Waals surface area contributed by atoms with E-state index in [1.165, 1.54) is 18.2 Å². The highest BCUT2D eigenvalue weighted by atomic mass is 79.9.